The van der Waals surface area contributed by atoms with Gasteiger partial charge in [-0.3, -0.25) is 19.7 Å². The van der Waals surface area contributed by atoms with Crippen LogP contribution in [0.15, 0.2) is 15.5 Å². The van der Waals surface area contributed by atoms with E-state index in [-0.39, 0.29) is 22.4 Å². The summed E-state index contributed by atoms with van der Waals surface area (Å²) in [5, 5.41) is 11.0. The number of imide groups is 1. The lowest BCUT2D eigenvalue weighted by atomic mass is 10.1. The quantitative estimate of drug-likeness (QED) is 0.653. The summed E-state index contributed by atoms with van der Waals surface area (Å²) in [4.78, 5) is 33.7. The van der Waals surface area contributed by atoms with Crippen molar-refractivity contribution in [1.29, 1.82) is 0 Å². The van der Waals surface area contributed by atoms with Gasteiger partial charge in [0.05, 0.1) is 11.9 Å². The van der Waals surface area contributed by atoms with Crippen LogP contribution in [0.1, 0.15) is 12.8 Å². The van der Waals surface area contributed by atoms with E-state index in [2.05, 4.69) is 36.8 Å². The first-order chi connectivity index (χ1) is 8.08. The van der Waals surface area contributed by atoms with Crippen molar-refractivity contribution < 1.29 is 9.59 Å². The van der Waals surface area contributed by atoms with E-state index in [9.17, 15) is 14.4 Å². The van der Waals surface area contributed by atoms with Crippen LogP contribution < -0.4 is 16.2 Å². The maximum Gasteiger partial charge on any atom is 0.280 e. The highest BCUT2D eigenvalue weighted by atomic mass is 79.9. The van der Waals surface area contributed by atoms with E-state index < -0.39 is 11.9 Å². The predicted octanol–water partition coefficient (Wildman–Crippen LogP) is -0.251. The van der Waals surface area contributed by atoms with Gasteiger partial charge in [-0.2, -0.15) is 5.10 Å². The Balaban J connectivity index is 2.16. The molecule has 1 aliphatic heterocycles. The Bertz CT molecular complexity index is 527. The van der Waals surface area contributed by atoms with Crippen LogP contribution in [0.25, 0.3) is 0 Å². The Labute approximate surface area is 104 Å². The highest BCUT2D eigenvalue weighted by molar-refractivity contribution is 9.10. The first-order valence-corrected chi connectivity index (χ1v) is 5.70. The third-order valence-electron chi connectivity index (χ3n) is 2.36. The number of piperidine rings is 1. The molecule has 0 spiro atoms. The van der Waals surface area contributed by atoms with E-state index >= 15 is 0 Å². The number of anilines is 1. The molecule has 2 amide bonds. The zero-order chi connectivity index (χ0) is 12.4. The summed E-state index contributed by atoms with van der Waals surface area (Å²) < 4.78 is 0.275. The molecule has 1 aromatic rings. The van der Waals surface area contributed by atoms with Crippen molar-refractivity contribution in [1.82, 2.24) is 15.5 Å². The van der Waals surface area contributed by atoms with Gasteiger partial charge in [-0.1, -0.05) is 0 Å². The molecule has 8 heteroatoms. The minimum absolute atomic E-state index is 0.275. The van der Waals surface area contributed by atoms with Crippen LogP contribution in [0, 0.1) is 0 Å². The molecule has 0 saturated carbocycles. The topological polar surface area (TPSA) is 104 Å². The summed E-state index contributed by atoms with van der Waals surface area (Å²) in [5.41, 5.74) is 0.0329. The van der Waals surface area contributed by atoms with Crippen LogP contribution in [0.4, 0.5) is 5.69 Å². The van der Waals surface area contributed by atoms with Gasteiger partial charge in [0.15, 0.2) is 0 Å². The summed E-state index contributed by atoms with van der Waals surface area (Å²) in [6, 6.07) is -0.535. The standard InChI is InChI=1S/C9H9BrN4O3/c10-7-5(3-11-14-9(7)17)12-4-1-2-6(15)13-8(4)16/h3-4H,1-2H2,(H2,12,14,17)(H,13,15,16). The Morgan fingerprint density at radius 1 is 1.41 bits per heavy atom. The Morgan fingerprint density at radius 3 is 2.88 bits per heavy atom. The number of amides is 2. The van der Waals surface area contributed by atoms with Gasteiger partial charge in [0, 0.05) is 6.42 Å². The van der Waals surface area contributed by atoms with Crippen molar-refractivity contribution in [3.63, 3.8) is 0 Å². The minimum atomic E-state index is -0.535. The molecule has 2 heterocycles. The van der Waals surface area contributed by atoms with Gasteiger partial charge in [-0.25, -0.2) is 5.10 Å². The second-order valence-electron chi connectivity index (χ2n) is 3.57. The molecule has 1 unspecified atom stereocenters. The second kappa shape index (κ2) is 4.66. The largest absolute Gasteiger partial charge is 0.371 e. The van der Waals surface area contributed by atoms with Crippen molar-refractivity contribution in [2.24, 2.45) is 0 Å². The number of H-pyrrole nitrogens is 1. The Morgan fingerprint density at radius 2 is 2.18 bits per heavy atom. The average Bonchev–Trinajstić information content (AvgIpc) is 2.28. The molecule has 90 valence electrons. The number of rotatable bonds is 2. The third-order valence-corrected chi connectivity index (χ3v) is 3.15. The highest BCUT2D eigenvalue weighted by Crippen LogP contribution is 2.18. The summed E-state index contributed by atoms with van der Waals surface area (Å²) in [7, 11) is 0. The number of nitrogens with zero attached hydrogens (tertiary/aromatic N) is 1. The van der Waals surface area contributed by atoms with Crippen LogP contribution in [0.2, 0.25) is 0 Å². The molecule has 1 fully saturated rings. The van der Waals surface area contributed by atoms with Crippen molar-refractivity contribution in [2.75, 3.05) is 5.32 Å². The molecular formula is C9H9BrN4O3. The highest BCUT2D eigenvalue weighted by Gasteiger charge is 2.26. The number of carbonyl (C=O) groups is 2. The van der Waals surface area contributed by atoms with E-state index in [0.717, 1.165) is 0 Å². The summed E-state index contributed by atoms with van der Waals surface area (Å²) in [6.45, 7) is 0. The van der Waals surface area contributed by atoms with Gasteiger partial charge in [-0.05, 0) is 22.4 Å². The number of hydrogen-bond donors (Lipinski definition) is 3. The summed E-state index contributed by atoms with van der Waals surface area (Å²) >= 11 is 3.09. The number of carbonyl (C=O) groups excluding carboxylic acids is 2. The van der Waals surface area contributed by atoms with Crippen LogP contribution >= 0.6 is 15.9 Å². The molecule has 7 nitrogen and oxygen atoms in total. The number of nitrogens with one attached hydrogen (secondary N) is 3. The molecule has 17 heavy (non-hydrogen) atoms. The van der Waals surface area contributed by atoms with E-state index in [1.807, 2.05) is 0 Å². The van der Waals surface area contributed by atoms with Crippen molar-refractivity contribution in [2.45, 2.75) is 18.9 Å². The minimum Gasteiger partial charge on any atom is -0.371 e. The molecule has 0 bridgehead atoms. The zero-order valence-electron chi connectivity index (χ0n) is 8.62. The maximum atomic E-state index is 11.5. The van der Waals surface area contributed by atoms with Gasteiger partial charge in [0.1, 0.15) is 10.5 Å². The predicted molar refractivity (Wildman–Crippen MR) is 62.4 cm³/mol. The molecule has 1 atom stereocenters. The fourth-order valence-electron chi connectivity index (χ4n) is 1.50. The van der Waals surface area contributed by atoms with E-state index in [4.69, 9.17) is 0 Å². The smallest absolute Gasteiger partial charge is 0.280 e. The number of aromatic amines is 1. The van der Waals surface area contributed by atoms with Crippen LogP contribution in [0.3, 0.4) is 0 Å². The maximum absolute atomic E-state index is 11.5. The molecule has 1 aliphatic rings. The molecule has 1 saturated heterocycles. The molecule has 1 aromatic heterocycles. The van der Waals surface area contributed by atoms with Gasteiger partial charge in [0.25, 0.3) is 5.56 Å². The molecule has 0 aromatic carbocycles. The molecule has 0 radical (unpaired) electrons. The average molecular weight is 301 g/mol. The molecular weight excluding hydrogens is 292 g/mol. The third kappa shape index (κ3) is 2.52. The number of hydrogen-bond acceptors (Lipinski definition) is 5. The first-order valence-electron chi connectivity index (χ1n) is 4.91. The van der Waals surface area contributed by atoms with Gasteiger partial charge >= 0.3 is 0 Å². The lowest BCUT2D eigenvalue weighted by Crippen LogP contribution is -2.47. The van der Waals surface area contributed by atoms with Gasteiger partial charge in [-0.15, -0.1) is 0 Å². The molecule has 2 rings (SSSR count). The van der Waals surface area contributed by atoms with Crippen LogP contribution in [-0.4, -0.2) is 28.1 Å². The fraction of sp³-hybridized carbons (Fsp3) is 0.333. The normalized spacial score (nSPS) is 19.9. The first kappa shape index (κ1) is 11.8. The molecule has 3 N–H and O–H groups in total. The Kier molecular flexibility index (Phi) is 3.23. The van der Waals surface area contributed by atoms with Gasteiger partial charge < -0.3 is 5.32 Å². The van der Waals surface area contributed by atoms with Crippen molar-refractivity contribution in [3.8, 4) is 0 Å². The SMILES string of the molecule is O=C1CCC(Nc2cn[nH]c(=O)c2Br)C(=O)N1. The zero-order valence-corrected chi connectivity index (χ0v) is 10.2. The number of halogens is 1. The van der Waals surface area contributed by atoms with Crippen molar-refractivity contribution >= 4 is 33.4 Å². The summed E-state index contributed by atoms with van der Waals surface area (Å²) in [5.74, 6) is -0.676. The Hall–Kier alpha value is -1.70. The lowest BCUT2D eigenvalue weighted by Gasteiger charge is -2.22. The lowest BCUT2D eigenvalue weighted by molar-refractivity contribution is -0.133. The number of aromatic nitrogens is 2. The van der Waals surface area contributed by atoms with Crippen molar-refractivity contribution in [3.05, 3.63) is 21.0 Å². The van der Waals surface area contributed by atoms with Gasteiger partial charge in [0.2, 0.25) is 11.8 Å². The molecule has 0 aliphatic carbocycles. The van der Waals surface area contributed by atoms with Crippen LogP contribution in [0.5, 0.6) is 0 Å². The van der Waals surface area contributed by atoms with E-state index in [0.29, 0.717) is 12.1 Å². The van der Waals surface area contributed by atoms with Crippen LogP contribution in [-0.2, 0) is 9.59 Å². The van der Waals surface area contributed by atoms with E-state index in [1.165, 1.54) is 6.20 Å². The second-order valence-corrected chi connectivity index (χ2v) is 4.37. The monoisotopic (exact) mass is 300 g/mol. The summed E-state index contributed by atoms with van der Waals surface area (Å²) in [6.07, 6.45) is 2.07. The van der Waals surface area contributed by atoms with E-state index in [1.54, 1.807) is 0 Å². The fourth-order valence-corrected chi connectivity index (χ4v) is 1.81.